The average molecular weight is 365 g/mol. The fourth-order valence-electron chi connectivity index (χ4n) is 2.61. The van der Waals surface area contributed by atoms with Gasteiger partial charge in [-0.15, -0.1) is 0 Å². The maximum atomic E-state index is 12.5. The zero-order valence-electron chi connectivity index (χ0n) is 13.4. The molecule has 0 unspecified atom stereocenters. The van der Waals surface area contributed by atoms with E-state index in [1.165, 1.54) is 0 Å². The number of H-pyrrole nitrogens is 1. The van der Waals surface area contributed by atoms with Crippen LogP contribution in [0.15, 0.2) is 30.5 Å². The summed E-state index contributed by atoms with van der Waals surface area (Å²) in [6.45, 7) is -0.558. The Labute approximate surface area is 145 Å². The third-order valence-corrected chi connectivity index (χ3v) is 3.74. The summed E-state index contributed by atoms with van der Waals surface area (Å²) in [7, 11) is 0. The summed E-state index contributed by atoms with van der Waals surface area (Å²) in [5.41, 5.74) is 1.96. The summed E-state index contributed by atoms with van der Waals surface area (Å²) >= 11 is 0. The van der Waals surface area contributed by atoms with Crippen LogP contribution in [0.2, 0.25) is 0 Å². The molecule has 0 amide bonds. The van der Waals surface area contributed by atoms with Gasteiger partial charge in [0, 0.05) is 17.4 Å². The van der Waals surface area contributed by atoms with Crippen molar-refractivity contribution in [3.8, 4) is 5.75 Å². The molecule has 10 heteroatoms. The van der Waals surface area contributed by atoms with Crippen LogP contribution in [-0.4, -0.2) is 34.5 Å². The maximum Gasteiger partial charge on any atom is 0.405 e. The Hall–Kier alpha value is -3.01. The molecule has 3 aromatic rings. The number of fused-ring (bicyclic) bond motifs is 2. The molecule has 1 aromatic carbocycles. The number of hydrogen-bond donors (Lipinski definition) is 3. The highest BCUT2D eigenvalue weighted by atomic mass is 19.4. The third-order valence-electron chi connectivity index (χ3n) is 3.74. The second-order valence-corrected chi connectivity index (χ2v) is 5.66. The lowest BCUT2D eigenvalue weighted by Gasteiger charge is -2.18. The molecular formula is C16H14F3N5O2. The van der Waals surface area contributed by atoms with Crippen molar-refractivity contribution in [1.29, 1.82) is 0 Å². The smallest absolute Gasteiger partial charge is 0.405 e. The van der Waals surface area contributed by atoms with E-state index < -0.39 is 12.7 Å². The van der Waals surface area contributed by atoms with E-state index in [4.69, 9.17) is 9.47 Å². The van der Waals surface area contributed by atoms with Crippen LogP contribution in [0.3, 0.4) is 0 Å². The highest BCUT2D eigenvalue weighted by Gasteiger charge is 2.27. The fraction of sp³-hybridized carbons (Fsp3) is 0.250. The summed E-state index contributed by atoms with van der Waals surface area (Å²) in [5, 5.41) is 5.79. The van der Waals surface area contributed by atoms with Crippen LogP contribution in [0, 0.1) is 0 Å². The van der Waals surface area contributed by atoms with E-state index in [1.807, 2.05) is 6.07 Å². The lowest BCUT2D eigenvalue weighted by molar-refractivity contribution is -0.115. The summed E-state index contributed by atoms with van der Waals surface area (Å²) < 4.78 is 48.2. The van der Waals surface area contributed by atoms with Crippen LogP contribution < -0.4 is 15.4 Å². The van der Waals surface area contributed by atoms with Crippen LogP contribution in [0.5, 0.6) is 5.75 Å². The van der Waals surface area contributed by atoms with Gasteiger partial charge in [-0.2, -0.15) is 23.1 Å². The SMILES string of the molecule is FC(F)(F)CNc1nc(Nc2ccc3c(c2)COCO3)nc2[nH]ccc12. The lowest BCUT2D eigenvalue weighted by Crippen LogP contribution is -2.22. The number of aromatic amines is 1. The van der Waals surface area contributed by atoms with Crippen LogP contribution in [-0.2, 0) is 11.3 Å². The van der Waals surface area contributed by atoms with Crippen molar-refractivity contribution in [2.24, 2.45) is 0 Å². The van der Waals surface area contributed by atoms with Gasteiger partial charge in [0.05, 0.1) is 12.0 Å². The number of halogens is 3. The number of ether oxygens (including phenoxy) is 2. The van der Waals surface area contributed by atoms with Crippen LogP contribution in [0.25, 0.3) is 11.0 Å². The van der Waals surface area contributed by atoms with Gasteiger partial charge >= 0.3 is 6.18 Å². The Balaban J connectivity index is 1.62. The molecule has 7 nitrogen and oxygen atoms in total. The Morgan fingerprint density at radius 2 is 2.08 bits per heavy atom. The Morgan fingerprint density at radius 3 is 2.92 bits per heavy atom. The number of rotatable bonds is 4. The molecule has 3 N–H and O–H groups in total. The van der Waals surface area contributed by atoms with Crippen LogP contribution >= 0.6 is 0 Å². The standard InChI is InChI=1S/C16H14F3N5O2/c17-16(18,19)7-21-14-11-3-4-20-13(11)23-15(24-14)22-10-1-2-12-9(5-10)6-25-8-26-12/h1-5H,6-8H2,(H3,20,21,22,23,24). The molecule has 1 aliphatic heterocycles. The minimum Gasteiger partial charge on any atom is -0.467 e. The van der Waals surface area contributed by atoms with Crippen molar-refractivity contribution >= 4 is 28.5 Å². The lowest BCUT2D eigenvalue weighted by atomic mass is 10.2. The van der Waals surface area contributed by atoms with E-state index in [2.05, 4.69) is 25.6 Å². The van der Waals surface area contributed by atoms with E-state index in [0.29, 0.717) is 23.3 Å². The molecule has 4 rings (SSSR count). The first-order valence-electron chi connectivity index (χ1n) is 7.74. The molecule has 0 spiro atoms. The van der Waals surface area contributed by atoms with Gasteiger partial charge in [0.2, 0.25) is 5.95 Å². The quantitative estimate of drug-likeness (QED) is 0.656. The van der Waals surface area contributed by atoms with E-state index in [1.54, 1.807) is 24.4 Å². The number of nitrogens with one attached hydrogen (secondary N) is 3. The van der Waals surface area contributed by atoms with E-state index in [-0.39, 0.29) is 18.6 Å². The van der Waals surface area contributed by atoms with Crippen molar-refractivity contribution in [3.05, 3.63) is 36.0 Å². The van der Waals surface area contributed by atoms with Crippen molar-refractivity contribution < 1.29 is 22.6 Å². The molecule has 3 heterocycles. The number of aromatic nitrogens is 3. The van der Waals surface area contributed by atoms with Gasteiger partial charge < -0.3 is 25.1 Å². The number of alkyl halides is 3. The zero-order valence-corrected chi connectivity index (χ0v) is 13.4. The van der Waals surface area contributed by atoms with Crippen molar-refractivity contribution in [2.45, 2.75) is 12.8 Å². The van der Waals surface area contributed by atoms with Gasteiger partial charge in [0.25, 0.3) is 0 Å². The van der Waals surface area contributed by atoms with Gasteiger partial charge in [0.15, 0.2) is 6.79 Å². The van der Waals surface area contributed by atoms with Gasteiger partial charge in [-0.3, -0.25) is 0 Å². The predicted octanol–water partition coefficient (Wildman–Crippen LogP) is 3.54. The monoisotopic (exact) mass is 365 g/mol. The largest absolute Gasteiger partial charge is 0.467 e. The van der Waals surface area contributed by atoms with Gasteiger partial charge in [-0.25, -0.2) is 0 Å². The topological polar surface area (TPSA) is 84.1 Å². The average Bonchev–Trinajstić information content (AvgIpc) is 3.07. The van der Waals surface area contributed by atoms with Crippen molar-refractivity contribution in [1.82, 2.24) is 15.0 Å². The first kappa shape index (κ1) is 16.5. The predicted molar refractivity (Wildman–Crippen MR) is 88.4 cm³/mol. The van der Waals surface area contributed by atoms with E-state index >= 15 is 0 Å². The van der Waals surface area contributed by atoms with E-state index in [0.717, 1.165) is 11.3 Å². The van der Waals surface area contributed by atoms with Crippen molar-refractivity contribution in [3.63, 3.8) is 0 Å². The Bertz CT molecular complexity index is 941. The molecule has 0 atom stereocenters. The highest BCUT2D eigenvalue weighted by Crippen LogP contribution is 2.29. The molecule has 0 radical (unpaired) electrons. The second kappa shape index (κ2) is 6.37. The van der Waals surface area contributed by atoms with Gasteiger partial charge in [-0.05, 0) is 24.3 Å². The highest BCUT2D eigenvalue weighted by molar-refractivity contribution is 5.88. The molecule has 2 aromatic heterocycles. The van der Waals surface area contributed by atoms with Crippen LogP contribution in [0.1, 0.15) is 5.56 Å². The molecule has 0 bridgehead atoms. The fourth-order valence-corrected chi connectivity index (χ4v) is 2.61. The van der Waals surface area contributed by atoms with E-state index in [9.17, 15) is 13.2 Å². The summed E-state index contributed by atoms with van der Waals surface area (Å²) in [4.78, 5) is 11.3. The molecule has 0 aliphatic carbocycles. The number of nitrogens with zero attached hydrogens (tertiary/aromatic N) is 2. The summed E-state index contributed by atoms with van der Waals surface area (Å²) in [5.74, 6) is 0.998. The molecule has 0 saturated heterocycles. The normalized spacial score (nSPS) is 14.0. The minimum absolute atomic E-state index is 0.0979. The number of anilines is 3. The first-order chi connectivity index (χ1) is 12.5. The van der Waals surface area contributed by atoms with Gasteiger partial charge in [0.1, 0.15) is 23.8 Å². The summed E-state index contributed by atoms with van der Waals surface area (Å²) in [6, 6.07) is 7.00. The molecule has 0 fully saturated rings. The molecule has 0 saturated carbocycles. The number of benzene rings is 1. The maximum absolute atomic E-state index is 12.5. The molecular weight excluding hydrogens is 351 g/mol. The van der Waals surface area contributed by atoms with Crippen molar-refractivity contribution in [2.75, 3.05) is 24.0 Å². The molecule has 136 valence electrons. The summed E-state index contributed by atoms with van der Waals surface area (Å²) in [6.07, 6.45) is -2.75. The Morgan fingerprint density at radius 1 is 1.19 bits per heavy atom. The second-order valence-electron chi connectivity index (χ2n) is 5.66. The van der Waals surface area contributed by atoms with Gasteiger partial charge in [-0.1, -0.05) is 0 Å². The third kappa shape index (κ3) is 3.49. The zero-order chi connectivity index (χ0) is 18.1. The molecule has 1 aliphatic rings. The molecule has 26 heavy (non-hydrogen) atoms. The number of hydrogen-bond acceptors (Lipinski definition) is 6. The Kier molecular flexibility index (Phi) is 4.03. The van der Waals surface area contributed by atoms with Crippen LogP contribution in [0.4, 0.5) is 30.6 Å². The minimum atomic E-state index is -4.35. The first-order valence-corrected chi connectivity index (χ1v) is 7.74.